The summed E-state index contributed by atoms with van der Waals surface area (Å²) in [6.45, 7) is 4.64. The van der Waals surface area contributed by atoms with Crippen LogP contribution in [-0.2, 0) is 5.41 Å². The average Bonchev–Trinajstić information content (AvgIpc) is 3.60. The summed E-state index contributed by atoms with van der Waals surface area (Å²) in [5.41, 5.74) is 12.7. The van der Waals surface area contributed by atoms with Gasteiger partial charge in [0.15, 0.2) is 5.82 Å². The Labute approximate surface area is 272 Å². The average molecular weight is 607 g/mol. The summed E-state index contributed by atoms with van der Waals surface area (Å²) in [6.07, 6.45) is 0. The maximum Gasteiger partial charge on any atom is 0.160 e. The fourth-order valence-electron chi connectivity index (χ4n) is 7.06. The second-order valence-electron chi connectivity index (χ2n) is 12.6. The van der Waals surface area contributed by atoms with Gasteiger partial charge in [0, 0.05) is 42.3 Å². The summed E-state index contributed by atoms with van der Waals surface area (Å²) in [7, 11) is 0. The van der Waals surface area contributed by atoms with Gasteiger partial charge in [0.25, 0.3) is 0 Å². The van der Waals surface area contributed by atoms with Crippen molar-refractivity contribution in [1.82, 2.24) is 9.97 Å². The minimum Gasteiger partial charge on any atom is -0.228 e. The highest BCUT2D eigenvalue weighted by Crippen LogP contribution is 2.49. The smallest absolute Gasteiger partial charge is 0.160 e. The Bertz CT molecular complexity index is 2440. The second kappa shape index (κ2) is 10.3. The summed E-state index contributed by atoms with van der Waals surface area (Å²) in [5, 5.41) is 2.64. The molecule has 0 saturated heterocycles. The van der Waals surface area contributed by atoms with E-state index in [9.17, 15) is 0 Å². The summed E-state index contributed by atoms with van der Waals surface area (Å²) < 4.78 is 2.65. The number of fused-ring (bicyclic) bond motifs is 6. The fourth-order valence-corrected chi connectivity index (χ4v) is 8.15. The highest BCUT2D eigenvalue weighted by Gasteiger charge is 2.35. The number of thiophene rings is 1. The Kier molecular flexibility index (Phi) is 6.06. The molecule has 8 aromatic rings. The summed E-state index contributed by atoms with van der Waals surface area (Å²) in [5.74, 6) is 0.731. The third-order valence-corrected chi connectivity index (χ3v) is 10.7. The number of hydrogen-bond acceptors (Lipinski definition) is 3. The summed E-state index contributed by atoms with van der Waals surface area (Å²) in [4.78, 5) is 10.2. The molecule has 46 heavy (non-hydrogen) atoms. The molecule has 1 aliphatic rings. The van der Waals surface area contributed by atoms with Crippen LogP contribution < -0.4 is 0 Å². The fraction of sp³-hybridized carbons (Fsp3) is 0.0698. The lowest BCUT2D eigenvalue weighted by Gasteiger charge is -2.22. The Hall–Kier alpha value is -5.38. The van der Waals surface area contributed by atoms with E-state index in [2.05, 4.69) is 141 Å². The minimum absolute atomic E-state index is 0.0752. The monoisotopic (exact) mass is 606 g/mol. The molecular formula is C43H30N2S. The van der Waals surface area contributed by atoms with Crippen molar-refractivity contribution in [3.8, 4) is 56.2 Å². The van der Waals surface area contributed by atoms with Crippen LogP contribution in [0, 0.1) is 0 Å². The first-order valence-electron chi connectivity index (χ1n) is 15.7. The second-order valence-corrected chi connectivity index (χ2v) is 13.7. The largest absolute Gasteiger partial charge is 0.228 e. The zero-order valence-electron chi connectivity index (χ0n) is 25.7. The predicted molar refractivity (Wildman–Crippen MR) is 194 cm³/mol. The first kappa shape index (κ1) is 27.0. The number of nitrogens with zero attached hydrogens (tertiary/aromatic N) is 2. The van der Waals surface area contributed by atoms with Crippen molar-refractivity contribution in [2.75, 3.05) is 0 Å². The molecule has 6 aromatic carbocycles. The van der Waals surface area contributed by atoms with Gasteiger partial charge >= 0.3 is 0 Å². The molecule has 1 aliphatic carbocycles. The molecule has 2 nitrogen and oxygen atoms in total. The Morgan fingerprint density at radius 2 is 1.07 bits per heavy atom. The van der Waals surface area contributed by atoms with Crippen molar-refractivity contribution < 1.29 is 0 Å². The quantitative estimate of drug-likeness (QED) is 0.199. The SMILES string of the molecule is CC1(C)c2ccccc2-c2ccc(-c3cc(-c4ccc(-c5ccc6sc7ccccc7c6c5)cc4)nc(-c4ccccc4)n3)cc21. The van der Waals surface area contributed by atoms with Gasteiger partial charge in [-0.05, 0) is 63.7 Å². The molecule has 0 aliphatic heterocycles. The normalized spacial score (nSPS) is 13.2. The zero-order chi connectivity index (χ0) is 30.8. The number of benzene rings is 6. The lowest BCUT2D eigenvalue weighted by molar-refractivity contribution is 0.660. The molecule has 0 atom stereocenters. The standard InChI is InChI=1S/C43H30N2S/c1-43(2)36-14-8-6-12-32(36)33-22-20-31(25-37(33)43)39-26-38(44-42(45-39)29-10-4-3-5-11-29)28-18-16-27(17-19-28)30-21-23-41-35(24-30)34-13-7-9-15-40(34)46-41/h3-26H,1-2H3. The third-order valence-electron chi connectivity index (χ3n) is 9.53. The lowest BCUT2D eigenvalue weighted by atomic mass is 9.82. The molecule has 0 amide bonds. The van der Waals surface area contributed by atoms with Gasteiger partial charge in [-0.2, -0.15) is 0 Å². The molecule has 0 fully saturated rings. The van der Waals surface area contributed by atoms with Gasteiger partial charge in [0.05, 0.1) is 11.4 Å². The van der Waals surface area contributed by atoms with Crippen LogP contribution in [0.1, 0.15) is 25.0 Å². The van der Waals surface area contributed by atoms with Gasteiger partial charge < -0.3 is 0 Å². The van der Waals surface area contributed by atoms with Crippen molar-refractivity contribution >= 4 is 31.5 Å². The maximum absolute atomic E-state index is 5.13. The van der Waals surface area contributed by atoms with Crippen LogP contribution in [0.5, 0.6) is 0 Å². The van der Waals surface area contributed by atoms with E-state index in [1.807, 2.05) is 29.5 Å². The molecule has 0 spiro atoms. The number of aromatic nitrogens is 2. The van der Waals surface area contributed by atoms with Gasteiger partial charge in [-0.1, -0.05) is 129 Å². The van der Waals surface area contributed by atoms with E-state index >= 15 is 0 Å². The van der Waals surface area contributed by atoms with Crippen LogP contribution in [0.25, 0.3) is 76.3 Å². The molecule has 218 valence electrons. The summed E-state index contributed by atoms with van der Waals surface area (Å²) in [6, 6.07) is 52.3. The van der Waals surface area contributed by atoms with Crippen molar-refractivity contribution in [1.29, 1.82) is 0 Å². The molecular weight excluding hydrogens is 577 g/mol. The van der Waals surface area contributed by atoms with Gasteiger partial charge in [-0.15, -0.1) is 11.3 Å². The van der Waals surface area contributed by atoms with Crippen LogP contribution in [0.4, 0.5) is 0 Å². The first-order chi connectivity index (χ1) is 22.5. The van der Waals surface area contributed by atoms with E-state index in [0.29, 0.717) is 0 Å². The lowest BCUT2D eigenvalue weighted by Crippen LogP contribution is -2.14. The molecule has 2 heterocycles. The Morgan fingerprint density at radius 1 is 0.435 bits per heavy atom. The number of hydrogen-bond donors (Lipinski definition) is 0. The van der Waals surface area contributed by atoms with Gasteiger partial charge in [-0.3, -0.25) is 0 Å². The Balaban J connectivity index is 1.13. The van der Waals surface area contributed by atoms with Crippen LogP contribution in [-0.4, -0.2) is 9.97 Å². The molecule has 9 rings (SSSR count). The zero-order valence-corrected chi connectivity index (χ0v) is 26.5. The van der Waals surface area contributed by atoms with Crippen molar-refractivity contribution in [2.24, 2.45) is 0 Å². The molecule has 0 radical (unpaired) electrons. The highest BCUT2D eigenvalue weighted by atomic mass is 32.1. The van der Waals surface area contributed by atoms with E-state index in [4.69, 9.17) is 9.97 Å². The first-order valence-corrected chi connectivity index (χ1v) is 16.6. The molecule has 2 aromatic heterocycles. The molecule has 0 unspecified atom stereocenters. The van der Waals surface area contributed by atoms with E-state index in [-0.39, 0.29) is 5.41 Å². The van der Waals surface area contributed by atoms with Crippen LogP contribution in [0.3, 0.4) is 0 Å². The van der Waals surface area contributed by atoms with Crippen molar-refractivity contribution in [3.05, 3.63) is 157 Å². The molecule has 0 saturated carbocycles. The van der Waals surface area contributed by atoms with Crippen LogP contribution in [0.2, 0.25) is 0 Å². The summed E-state index contributed by atoms with van der Waals surface area (Å²) >= 11 is 1.85. The van der Waals surface area contributed by atoms with Gasteiger partial charge in [-0.25, -0.2) is 9.97 Å². The van der Waals surface area contributed by atoms with E-state index in [0.717, 1.165) is 33.9 Å². The molecule has 0 N–H and O–H groups in total. The number of rotatable bonds is 4. The van der Waals surface area contributed by atoms with E-state index in [1.165, 1.54) is 53.6 Å². The van der Waals surface area contributed by atoms with E-state index in [1.54, 1.807) is 0 Å². The molecule has 0 bridgehead atoms. The predicted octanol–water partition coefficient (Wildman–Crippen LogP) is 11.8. The minimum atomic E-state index is -0.0752. The molecule has 3 heteroatoms. The van der Waals surface area contributed by atoms with Gasteiger partial charge in [0.2, 0.25) is 0 Å². The van der Waals surface area contributed by atoms with Crippen molar-refractivity contribution in [2.45, 2.75) is 19.3 Å². The van der Waals surface area contributed by atoms with Crippen molar-refractivity contribution in [3.63, 3.8) is 0 Å². The Morgan fingerprint density at radius 3 is 1.91 bits per heavy atom. The highest BCUT2D eigenvalue weighted by molar-refractivity contribution is 7.25. The van der Waals surface area contributed by atoms with Gasteiger partial charge in [0.1, 0.15) is 0 Å². The van der Waals surface area contributed by atoms with Crippen LogP contribution >= 0.6 is 11.3 Å². The maximum atomic E-state index is 5.13. The topological polar surface area (TPSA) is 25.8 Å². The third kappa shape index (κ3) is 4.31. The van der Waals surface area contributed by atoms with E-state index < -0.39 is 0 Å². The van der Waals surface area contributed by atoms with Crippen LogP contribution in [0.15, 0.2) is 146 Å².